The number of hydrogen-bond donors (Lipinski definition) is 1. The Morgan fingerprint density at radius 3 is 2.34 bits per heavy atom. The molecule has 3 heterocycles. The maximum Gasteiger partial charge on any atom is 0.418 e. The highest BCUT2D eigenvalue weighted by molar-refractivity contribution is 6.08. The maximum atomic E-state index is 14.2. The summed E-state index contributed by atoms with van der Waals surface area (Å²) in [6.07, 6.45) is -4.77. The first-order chi connectivity index (χ1) is 16.7. The Labute approximate surface area is 199 Å². The normalized spacial score (nSPS) is 16.0. The molecule has 178 valence electrons. The largest absolute Gasteiger partial charge is 0.418 e. The first kappa shape index (κ1) is 22.8. The highest BCUT2D eigenvalue weighted by atomic mass is 19.4. The molecule has 1 N–H and O–H groups in total. The number of benzene rings is 2. The second-order valence-electron chi connectivity index (χ2n) is 8.86. The molecule has 35 heavy (non-hydrogen) atoms. The SMILES string of the molecule is CC1CNC(=O)c2c(-c3ccccc3)c3cc(C(F)(F)F)c(Cc4ccccc4)nc3c(=O)n2C1. The van der Waals surface area contributed by atoms with E-state index < -0.39 is 23.2 Å². The fourth-order valence-corrected chi connectivity index (χ4v) is 4.60. The van der Waals surface area contributed by atoms with Crippen LogP contribution in [-0.2, 0) is 19.1 Å². The van der Waals surface area contributed by atoms with E-state index in [2.05, 4.69) is 10.3 Å². The molecule has 4 aromatic rings. The van der Waals surface area contributed by atoms with E-state index in [0.717, 1.165) is 6.07 Å². The Kier molecular flexibility index (Phi) is 5.67. The highest BCUT2D eigenvalue weighted by Gasteiger charge is 2.36. The molecule has 5 rings (SSSR count). The third-order valence-electron chi connectivity index (χ3n) is 6.23. The summed E-state index contributed by atoms with van der Waals surface area (Å²) in [6, 6.07) is 18.4. The van der Waals surface area contributed by atoms with Crippen molar-refractivity contribution in [1.82, 2.24) is 14.9 Å². The fourth-order valence-electron chi connectivity index (χ4n) is 4.60. The van der Waals surface area contributed by atoms with Gasteiger partial charge in [-0.15, -0.1) is 0 Å². The van der Waals surface area contributed by atoms with Gasteiger partial charge in [0.25, 0.3) is 11.5 Å². The quantitative estimate of drug-likeness (QED) is 0.449. The minimum Gasteiger partial charge on any atom is -0.350 e. The molecule has 1 atom stereocenters. The Bertz CT molecular complexity index is 1480. The van der Waals surface area contributed by atoms with E-state index in [1.807, 2.05) is 6.92 Å². The van der Waals surface area contributed by atoms with Gasteiger partial charge in [0.1, 0.15) is 11.2 Å². The summed E-state index contributed by atoms with van der Waals surface area (Å²) in [5.74, 6) is -0.536. The number of alkyl halides is 3. The molecule has 5 nitrogen and oxygen atoms in total. The van der Waals surface area contributed by atoms with Crippen LogP contribution in [0.3, 0.4) is 0 Å². The van der Waals surface area contributed by atoms with Gasteiger partial charge >= 0.3 is 6.18 Å². The molecule has 2 aromatic carbocycles. The number of hydrogen-bond acceptors (Lipinski definition) is 3. The number of nitrogens with one attached hydrogen (secondary N) is 1. The van der Waals surface area contributed by atoms with Crippen LogP contribution in [0.1, 0.15) is 34.2 Å². The second-order valence-corrected chi connectivity index (χ2v) is 8.86. The first-order valence-corrected chi connectivity index (χ1v) is 11.3. The van der Waals surface area contributed by atoms with Crippen molar-refractivity contribution in [2.75, 3.05) is 6.54 Å². The van der Waals surface area contributed by atoms with Gasteiger partial charge in [0.05, 0.1) is 11.3 Å². The molecule has 0 spiro atoms. The van der Waals surface area contributed by atoms with E-state index in [-0.39, 0.29) is 46.7 Å². The van der Waals surface area contributed by atoms with Crippen molar-refractivity contribution >= 4 is 16.8 Å². The van der Waals surface area contributed by atoms with Crippen LogP contribution in [0.15, 0.2) is 71.5 Å². The summed E-state index contributed by atoms with van der Waals surface area (Å²) < 4.78 is 44.1. The zero-order valence-electron chi connectivity index (χ0n) is 18.9. The van der Waals surface area contributed by atoms with Gasteiger partial charge in [-0.25, -0.2) is 4.98 Å². The fraction of sp³-hybridized carbons (Fsp3) is 0.222. The van der Waals surface area contributed by atoms with Gasteiger partial charge < -0.3 is 9.88 Å². The van der Waals surface area contributed by atoms with Crippen molar-refractivity contribution in [2.45, 2.75) is 26.1 Å². The van der Waals surface area contributed by atoms with Crippen molar-refractivity contribution < 1.29 is 18.0 Å². The average Bonchev–Trinajstić information content (AvgIpc) is 2.98. The number of carbonyl (C=O) groups excluding carboxylic acids is 1. The zero-order valence-corrected chi connectivity index (χ0v) is 18.9. The maximum absolute atomic E-state index is 14.2. The van der Waals surface area contributed by atoms with Gasteiger partial charge in [0, 0.05) is 30.5 Å². The molecule has 0 bridgehead atoms. The number of fused-ring (bicyclic) bond motifs is 2. The van der Waals surface area contributed by atoms with Gasteiger partial charge in [-0.2, -0.15) is 13.2 Å². The molecule has 0 fully saturated rings. The molecule has 2 aromatic heterocycles. The number of amides is 1. The summed E-state index contributed by atoms with van der Waals surface area (Å²) in [5, 5.41) is 2.82. The van der Waals surface area contributed by atoms with Crippen LogP contribution in [0.25, 0.3) is 22.0 Å². The predicted molar refractivity (Wildman–Crippen MR) is 127 cm³/mol. The molecule has 1 unspecified atom stereocenters. The molecule has 1 aliphatic heterocycles. The number of pyridine rings is 2. The highest BCUT2D eigenvalue weighted by Crippen LogP contribution is 2.38. The van der Waals surface area contributed by atoms with E-state index in [1.165, 1.54) is 4.57 Å². The van der Waals surface area contributed by atoms with E-state index in [0.29, 0.717) is 17.7 Å². The van der Waals surface area contributed by atoms with Gasteiger partial charge in [-0.3, -0.25) is 9.59 Å². The molecule has 1 amide bonds. The molecule has 8 heteroatoms. The summed E-state index contributed by atoms with van der Waals surface area (Å²) in [7, 11) is 0. The van der Waals surface area contributed by atoms with Crippen LogP contribution in [0, 0.1) is 5.92 Å². The number of nitrogens with zero attached hydrogens (tertiary/aromatic N) is 2. The molecule has 0 radical (unpaired) electrons. The number of halogens is 3. The lowest BCUT2D eigenvalue weighted by Crippen LogP contribution is -2.30. The van der Waals surface area contributed by atoms with Crippen molar-refractivity contribution in [2.24, 2.45) is 5.92 Å². The summed E-state index contributed by atoms with van der Waals surface area (Å²) in [5.41, 5.74) is -0.264. The van der Waals surface area contributed by atoms with Crippen LogP contribution in [0.5, 0.6) is 0 Å². The van der Waals surface area contributed by atoms with E-state index in [1.54, 1.807) is 60.7 Å². The number of carbonyl (C=O) groups is 1. The van der Waals surface area contributed by atoms with E-state index >= 15 is 0 Å². The van der Waals surface area contributed by atoms with Crippen molar-refractivity contribution in [3.05, 3.63) is 99.6 Å². The summed E-state index contributed by atoms with van der Waals surface area (Å²) in [6.45, 7) is 2.50. The minimum absolute atomic E-state index is 0.0151. The Morgan fingerprint density at radius 2 is 1.69 bits per heavy atom. The Morgan fingerprint density at radius 1 is 1.03 bits per heavy atom. The minimum atomic E-state index is -4.70. The molecular formula is C27H22F3N3O2. The van der Waals surface area contributed by atoms with E-state index in [4.69, 9.17) is 0 Å². The average molecular weight is 477 g/mol. The summed E-state index contributed by atoms with van der Waals surface area (Å²) in [4.78, 5) is 31.0. The van der Waals surface area contributed by atoms with Crippen LogP contribution in [0.4, 0.5) is 13.2 Å². The van der Waals surface area contributed by atoms with Gasteiger partial charge in [0.2, 0.25) is 0 Å². The topological polar surface area (TPSA) is 64.0 Å². The van der Waals surface area contributed by atoms with Crippen molar-refractivity contribution in [3.63, 3.8) is 0 Å². The molecular weight excluding hydrogens is 455 g/mol. The Hall–Kier alpha value is -3.94. The van der Waals surface area contributed by atoms with E-state index in [9.17, 15) is 22.8 Å². The smallest absolute Gasteiger partial charge is 0.350 e. The van der Waals surface area contributed by atoms with Crippen LogP contribution in [-0.4, -0.2) is 22.0 Å². The lowest BCUT2D eigenvalue weighted by atomic mass is 9.95. The predicted octanol–water partition coefficient (Wildman–Crippen LogP) is 5.05. The van der Waals surface area contributed by atoms with Crippen LogP contribution in [0.2, 0.25) is 0 Å². The van der Waals surface area contributed by atoms with Gasteiger partial charge in [0.15, 0.2) is 0 Å². The molecule has 0 saturated heterocycles. The van der Waals surface area contributed by atoms with Crippen LogP contribution >= 0.6 is 0 Å². The zero-order chi connectivity index (χ0) is 24.7. The van der Waals surface area contributed by atoms with Crippen molar-refractivity contribution in [1.29, 1.82) is 0 Å². The molecule has 0 saturated carbocycles. The van der Waals surface area contributed by atoms with Crippen LogP contribution < -0.4 is 10.9 Å². The number of rotatable bonds is 3. The monoisotopic (exact) mass is 477 g/mol. The second kappa shape index (κ2) is 8.69. The lowest BCUT2D eigenvalue weighted by Gasteiger charge is -2.20. The van der Waals surface area contributed by atoms with Gasteiger partial charge in [-0.05, 0) is 23.1 Å². The number of aromatic nitrogens is 2. The third-order valence-corrected chi connectivity index (χ3v) is 6.23. The summed E-state index contributed by atoms with van der Waals surface area (Å²) >= 11 is 0. The first-order valence-electron chi connectivity index (χ1n) is 11.3. The molecule has 1 aliphatic rings. The third kappa shape index (κ3) is 4.20. The molecule has 0 aliphatic carbocycles. The Balaban J connectivity index is 1.90. The standard InChI is InChI=1S/C27H22F3N3O2/c1-16-14-31-25(34)24-22(18-10-6-3-7-11-18)19-13-20(27(28,29)30)21(12-17-8-4-2-5-9-17)32-23(19)26(35)33(24)15-16/h2-11,13,16H,12,14-15H2,1H3,(H,31,34). The van der Waals surface area contributed by atoms with Crippen molar-refractivity contribution in [3.8, 4) is 11.1 Å². The van der Waals surface area contributed by atoms with Gasteiger partial charge in [-0.1, -0.05) is 67.6 Å². The lowest BCUT2D eigenvalue weighted by molar-refractivity contribution is -0.138.